The lowest BCUT2D eigenvalue weighted by molar-refractivity contribution is -0.0646. The van der Waals surface area contributed by atoms with Crippen LogP contribution in [0.4, 0.5) is 4.39 Å². The van der Waals surface area contributed by atoms with Gasteiger partial charge in [-0.1, -0.05) is 6.07 Å². The Balaban J connectivity index is 1.37. The zero-order valence-corrected chi connectivity index (χ0v) is 21.1. The number of nitrogens with zero attached hydrogens (tertiary/aromatic N) is 3. The van der Waals surface area contributed by atoms with Gasteiger partial charge in [0.2, 0.25) is 0 Å². The molecule has 0 bridgehead atoms. The van der Waals surface area contributed by atoms with Gasteiger partial charge in [0, 0.05) is 25.8 Å². The summed E-state index contributed by atoms with van der Waals surface area (Å²) in [5, 5.41) is 15.5. The number of benzene rings is 2. The van der Waals surface area contributed by atoms with E-state index in [0.29, 0.717) is 62.2 Å². The minimum Gasteiger partial charge on any atom is -0.493 e. The molecular weight excluding hydrogens is 465 g/mol. The topological polar surface area (TPSA) is 78.2 Å². The largest absolute Gasteiger partial charge is 0.493 e. The van der Waals surface area contributed by atoms with E-state index in [1.807, 2.05) is 42.2 Å². The van der Waals surface area contributed by atoms with Crippen LogP contribution in [0.2, 0.25) is 0 Å². The van der Waals surface area contributed by atoms with Crippen molar-refractivity contribution in [2.75, 3.05) is 46.6 Å². The second-order valence-corrected chi connectivity index (χ2v) is 9.30. The van der Waals surface area contributed by atoms with Crippen LogP contribution >= 0.6 is 0 Å². The van der Waals surface area contributed by atoms with E-state index < -0.39 is 5.60 Å². The first-order valence-electron chi connectivity index (χ1n) is 12.0. The number of rotatable bonds is 10. The summed E-state index contributed by atoms with van der Waals surface area (Å²) in [7, 11) is 1.62. The molecule has 0 spiro atoms. The molecule has 1 N–H and O–H groups in total. The zero-order chi connectivity index (χ0) is 25.5. The van der Waals surface area contributed by atoms with E-state index in [-0.39, 0.29) is 19.0 Å². The highest BCUT2D eigenvalue weighted by Gasteiger charge is 2.33. The van der Waals surface area contributed by atoms with Gasteiger partial charge in [-0.2, -0.15) is 5.10 Å². The summed E-state index contributed by atoms with van der Waals surface area (Å²) in [5.74, 6) is 1.55. The van der Waals surface area contributed by atoms with Gasteiger partial charge >= 0.3 is 0 Å². The Morgan fingerprint density at radius 3 is 2.75 bits per heavy atom. The molecule has 1 aliphatic rings. The molecule has 1 atom stereocenters. The Morgan fingerprint density at radius 2 is 2.00 bits per heavy atom. The molecule has 3 aromatic rings. The second kappa shape index (κ2) is 11.7. The van der Waals surface area contributed by atoms with Crippen LogP contribution in [0.5, 0.6) is 17.2 Å². The third kappa shape index (κ3) is 6.96. The van der Waals surface area contributed by atoms with Gasteiger partial charge in [0.15, 0.2) is 11.5 Å². The van der Waals surface area contributed by atoms with E-state index in [4.69, 9.17) is 18.9 Å². The van der Waals surface area contributed by atoms with Gasteiger partial charge in [0.05, 0.1) is 33.1 Å². The minimum absolute atomic E-state index is 0.0401. The van der Waals surface area contributed by atoms with Crippen molar-refractivity contribution in [3.8, 4) is 17.2 Å². The van der Waals surface area contributed by atoms with E-state index in [1.165, 1.54) is 6.07 Å². The van der Waals surface area contributed by atoms with Crippen LogP contribution in [0, 0.1) is 19.7 Å². The lowest BCUT2D eigenvalue weighted by atomic mass is 10.1. The van der Waals surface area contributed by atoms with E-state index in [2.05, 4.69) is 10.00 Å². The van der Waals surface area contributed by atoms with E-state index in [1.54, 1.807) is 26.2 Å². The lowest BCUT2D eigenvalue weighted by Gasteiger charge is -2.30. The van der Waals surface area contributed by atoms with E-state index >= 15 is 0 Å². The van der Waals surface area contributed by atoms with E-state index in [0.717, 1.165) is 11.1 Å². The van der Waals surface area contributed by atoms with Gasteiger partial charge in [-0.25, -0.2) is 4.39 Å². The molecule has 0 radical (unpaired) electrons. The van der Waals surface area contributed by atoms with Crippen molar-refractivity contribution in [2.24, 2.45) is 0 Å². The summed E-state index contributed by atoms with van der Waals surface area (Å²) < 4.78 is 38.4. The number of hydrogen-bond donors (Lipinski definition) is 1. The molecule has 0 aliphatic carbocycles. The molecule has 9 heteroatoms. The molecule has 0 unspecified atom stereocenters. The number of halogens is 1. The van der Waals surface area contributed by atoms with E-state index in [9.17, 15) is 9.50 Å². The summed E-state index contributed by atoms with van der Waals surface area (Å²) in [6.45, 7) is 7.10. The smallest absolute Gasteiger partial charge is 0.161 e. The van der Waals surface area contributed by atoms with Gasteiger partial charge in [0.25, 0.3) is 0 Å². The molecule has 2 aromatic carbocycles. The monoisotopic (exact) mass is 499 g/mol. The number of aromatic nitrogens is 2. The van der Waals surface area contributed by atoms with Crippen molar-refractivity contribution in [1.29, 1.82) is 0 Å². The third-order valence-electron chi connectivity index (χ3n) is 6.05. The lowest BCUT2D eigenvalue weighted by Crippen LogP contribution is -2.48. The predicted molar refractivity (Wildman–Crippen MR) is 133 cm³/mol. The molecule has 0 saturated carbocycles. The quantitative estimate of drug-likeness (QED) is 0.458. The number of hydrogen-bond acceptors (Lipinski definition) is 7. The van der Waals surface area contributed by atoms with Crippen molar-refractivity contribution >= 4 is 0 Å². The van der Waals surface area contributed by atoms with Crippen LogP contribution in [0.1, 0.15) is 16.7 Å². The fourth-order valence-corrected chi connectivity index (χ4v) is 4.17. The van der Waals surface area contributed by atoms with Crippen molar-refractivity contribution in [3.63, 3.8) is 0 Å². The molecule has 1 aromatic heterocycles. The molecule has 4 rings (SSSR count). The Kier molecular flexibility index (Phi) is 8.45. The summed E-state index contributed by atoms with van der Waals surface area (Å²) in [4.78, 5) is 2.13. The SMILES string of the molecule is COc1ccc(CN2CCOC[C@@](O)(COc3ccc(F)c(C)c3)C2)cc1OCCn1cc(C)cn1. The maximum atomic E-state index is 13.6. The predicted octanol–water partition coefficient (Wildman–Crippen LogP) is 3.37. The average Bonchev–Trinajstić information content (AvgIpc) is 3.18. The highest BCUT2D eigenvalue weighted by Crippen LogP contribution is 2.29. The Hall–Kier alpha value is -3.14. The fourth-order valence-electron chi connectivity index (χ4n) is 4.17. The molecule has 0 amide bonds. The van der Waals surface area contributed by atoms with Crippen LogP contribution < -0.4 is 14.2 Å². The van der Waals surface area contributed by atoms with Crippen molar-refractivity contribution in [1.82, 2.24) is 14.7 Å². The first kappa shape index (κ1) is 25.9. The summed E-state index contributed by atoms with van der Waals surface area (Å²) >= 11 is 0. The minimum atomic E-state index is -1.20. The standard InChI is InChI=1S/C27H34FN3O5/c1-20-14-29-31(15-20)9-11-35-26-13-22(4-7-25(26)33-3)16-30-8-10-34-18-27(32,17-30)19-36-23-5-6-24(28)21(2)12-23/h4-7,12-15,32H,8-11,16-19H2,1-3H3/t27-/m1/s1. The highest BCUT2D eigenvalue weighted by molar-refractivity contribution is 5.43. The number of aliphatic hydroxyl groups is 1. The van der Waals surface area contributed by atoms with Crippen molar-refractivity contribution < 1.29 is 28.4 Å². The molecule has 8 nitrogen and oxygen atoms in total. The molecule has 194 valence electrons. The maximum Gasteiger partial charge on any atom is 0.161 e. The number of β-amino-alcohol motifs (C(OH)–C–C–N with tert-alkyl or cyclic N) is 1. The average molecular weight is 500 g/mol. The van der Waals surface area contributed by atoms with Crippen LogP contribution in [0.25, 0.3) is 0 Å². The number of ether oxygens (including phenoxy) is 4. The normalized spacial score (nSPS) is 18.6. The zero-order valence-electron chi connectivity index (χ0n) is 21.1. The van der Waals surface area contributed by atoms with Crippen molar-refractivity contribution in [2.45, 2.75) is 32.5 Å². The third-order valence-corrected chi connectivity index (χ3v) is 6.05. The van der Waals surface area contributed by atoms with Gasteiger partial charge in [-0.05, 0) is 60.9 Å². The maximum absolute atomic E-state index is 13.6. The highest BCUT2D eigenvalue weighted by atomic mass is 19.1. The molecular formula is C27H34FN3O5. The number of aryl methyl sites for hydroxylation is 2. The Bertz CT molecular complexity index is 1150. The molecule has 1 fully saturated rings. The molecule has 36 heavy (non-hydrogen) atoms. The molecule has 1 aliphatic heterocycles. The van der Waals surface area contributed by atoms with Crippen LogP contribution in [-0.2, 0) is 17.8 Å². The number of methoxy groups -OCH3 is 1. The van der Waals surface area contributed by atoms with Crippen LogP contribution in [0.15, 0.2) is 48.8 Å². The van der Waals surface area contributed by atoms with Crippen LogP contribution in [0.3, 0.4) is 0 Å². The summed E-state index contributed by atoms with van der Waals surface area (Å²) in [5.41, 5.74) is 1.43. The fraction of sp³-hybridized carbons (Fsp3) is 0.444. The molecule has 1 saturated heterocycles. The first-order valence-corrected chi connectivity index (χ1v) is 12.0. The van der Waals surface area contributed by atoms with Crippen molar-refractivity contribution in [3.05, 3.63) is 71.3 Å². The van der Waals surface area contributed by atoms with Crippen LogP contribution in [-0.4, -0.2) is 72.0 Å². The van der Waals surface area contributed by atoms with Gasteiger partial charge in [0.1, 0.15) is 30.4 Å². The molecule has 2 heterocycles. The first-order chi connectivity index (χ1) is 17.3. The Morgan fingerprint density at radius 1 is 1.14 bits per heavy atom. The second-order valence-electron chi connectivity index (χ2n) is 9.30. The Labute approximate surface area is 211 Å². The van der Waals surface area contributed by atoms with Gasteiger partial charge in [-0.3, -0.25) is 9.58 Å². The van der Waals surface area contributed by atoms with Gasteiger partial charge < -0.3 is 24.1 Å². The summed E-state index contributed by atoms with van der Waals surface area (Å²) in [6.07, 6.45) is 3.79. The summed E-state index contributed by atoms with van der Waals surface area (Å²) in [6, 6.07) is 10.4. The van der Waals surface area contributed by atoms with Gasteiger partial charge in [-0.15, -0.1) is 0 Å².